The summed E-state index contributed by atoms with van der Waals surface area (Å²) in [6, 6.07) is 19.9. The first-order valence-electron chi connectivity index (χ1n) is 11.7. The molecular weight excluding hydrogens is 485 g/mol. The molecule has 1 atom stereocenters. The Morgan fingerprint density at radius 3 is 2.33 bits per heavy atom. The number of amides is 2. The molecule has 0 aromatic heterocycles. The van der Waals surface area contributed by atoms with Crippen LogP contribution in [0.2, 0.25) is 0 Å². The van der Waals surface area contributed by atoms with E-state index in [0.29, 0.717) is 19.5 Å². The molecule has 3 aromatic rings. The average molecular weight is 517 g/mol. The Morgan fingerprint density at radius 2 is 1.69 bits per heavy atom. The molecule has 3 aromatic carbocycles. The Bertz CT molecular complexity index is 1300. The van der Waals surface area contributed by atoms with Crippen LogP contribution in [0.3, 0.4) is 0 Å². The van der Waals surface area contributed by atoms with Gasteiger partial charge in [-0.25, -0.2) is 17.9 Å². The van der Waals surface area contributed by atoms with Crippen LogP contribution < -0.4 is 26.0 Å². The van der Waals surface area contributed by atoms with Gasteiger partial charge >= 0.3 is 6.03 Å². The van der Waals surface area contributed by atoms with E-state index >= 15 is 0 Å². The number of hydrogen-bond donors (Lipinski definition) is 4. The Hall–Kier alpha value is -2.56. The fraction of sp³-hybridized carbons (Fsp3) is 0.269. The Morgan fingerprint density at radius 1 is 1.03 bits per heavy atom. The van der Waals surface area contributed by atoms with Gasteiger partial charge in [0.15, 0.2) is 0 Å². The maximum Gasteiger partial charge on any atom is 0.328 e. The molecule has 0 fully saturated rings. The largest absolute Gasteiger partial charge is 0.363 e. The van der Waals surface area contributed by atoms with E-state index in [0.717, 1.165) is 23.2 Å². The number of hydrogen-bond acceptors (Lipinski definition) is 6. The van der Waals surface area contributed by atoms with Crippen molar-refractivity contribution in [2.75, 3.05) is 16.8 Å². The molecule has 1 aliphatic heterocycles. The van der Waals surface area contributed by atoms with Crippen molar-refractivity contribution in [1.29, 1.82) is 0 Å². The molecular formula is C26H31N5NaO3S. The number of anilines is 3. The van der Waals surface area contributed by atoms with Crippen LogP contribution in [-0.4, -0.2) is 56.7 Å². The predicted molar refractivity (Wildman–Crippen MR) is 145 cm³/mol. The monoisotopic (exact) mass is 516 g/mol. The summed E-state index contributed by atoms with van der Waals surface area (Å²) in [5, 5.41) is 6.23. The van der Waals surface area contributed by atoms with E-state index in [2.05, 4.69) is 59.7 Å². The predicted octanol–water partition coefficient (Wildman–Crippen LogP) is 3.60. The van der Waals surface area contributed by atoms with Gasteiger partial charge in [-0.05, 0) is 66.8 Å². The van der Waals surface area contributed by atoms with Crippen LogP contribution in [0.15, 0.2) is 71.6 Å². The zero-order chi connectivity index (χ0) is 25.0. The first-order valence-corrected chi connectivity index (χ1v) is 13.1. The topological polar surface area (TPSA) is 117 Å². The number of urea groups is 1. The van der Waals surface area contributed by atoms with Crippen molar-refractivity contribution < 1.29 is 13.2 Å². The van der Waals surface area contributed by atoms with Crippen LogP contribution in [-0.2, 0) is 23.0 Å². The maximum atomic E-state index is 12.4. The molecule has 0 spiro atoms. The number of aryl methyl sites for hydroxylation is 1. The first kappa shape index (κ1) is 28.0. The first-order chi connectivity index (χ1) is 16.8. The number of nitrogens with two attached hydrogens (primary N) is 1. The van der Waals surface area contributed by atoms with Gasteiger partial charge in [-0.3, -0.25) is 0 Å². The molecule has 1 unspecified atom stereocenters. The molecule has 10 heteroatoms. The number of para-hydroxylation sites is 1. The van der Waals surface area contributed by atoms with Crippen LogP contribution in [0, 0.1) is 6.92 Å². The number of carbonyl (C=O) groups is 1. The van der Waals surface area contributed by atoms with Crippen LogP contribution in [0.25, 0.3) is 0 Å². The van der Waals surface area contributed by atoms with Crippen LogP contribution >= 0.6 is 0 Å². The van der Waals surface area contributed by atoms with E-state index in [1.807, 2.05) is 16.9 Å². The molecule has 0 aliphatic carbocycles. The summed E-state index contributed by atoms with van der Waals surface area (Å²) in [4.78, 5) is 14.5. The van der Waals surface area contributed by atoms with Gasteiger partial charge in [0.25, 0.3) is 10.0 Å². The minimum atomic E-state index is -3.94. The van der Waals surface area contributed by atoms with Crippen molar-refractivity contribution in [2.24, 2.45) is 5.73 Å². The van der Waals surface area contributed by atoms with E-state index in [1.165, 1.54) is 29.1 Å². The van der Waals surface area contributed by atoms with Gasteiger partial charge in [-0.1, -0.05) is 43.3 Å². The second-order valence-electron chi connectivity index (χ2n) is 8.53. The van der Waals surface area contributed by atoms with E-state index in [-0.39, 0.29) is 40.6 Å². The Kier molecular flexibility index (Phi) is 9.43. The zero-order valence-electron chi connectivity index (χ0n) is 20.9. The third kappa shape index (κ3) is 6.22. The number of nitrogens with one attached hydrogen (secondary N) is 3. The third-order valence-corrected chi connectivity index (χ3v) is 7.48. The Balaban J connectivity index is 0.00000361. The number of carbonyl (C=O) groups excluding carboxylic acids is 1. The molecule has 0 saturated heterocycles. The molecule has 185 valence electrons. The van der Waals surface area contributed by atoms with Crippen LogP contribution in [0.1, 0.15) is 30.0 Å². The molecule has 0 saturated carbocycles. The summed E-state index contributed by atoms with van der Waals surface area (Å²) >= 11 is 0. The number of sulfonamides is 1. The molecule has 36 heavy (non-hydrogen) atoms. The van der Waals surface area contributed by atoms with Crippen molar-refractivity contribution in [3.8, 4) is 0 Å². The zero-order valence-corrected chi connectivity index (χ0v) is 23.7. The standard InChI is InChI=1S/C26H31N5O3S.Na/c1-3-24-29-25-18(2)5-4-6-23(25)31(24)21-11-7-19(8-12-21)15-16-28-26(32)30-35(33,34)22-13-9-20(17-27)10-14-22;/h4-14,24,29H,3,15-17,27H2,1-2H3,(H2,28,30,32);. The SMILES string of the molecule is CCC1Nc2c(C)cccc2N1c1ccc(CCNC(=O)NS(=O)(=O)c2ccc(CN)cc2)cc1.[Na]. The molecule has 4 rings (SSSR count). The summed E-state index contributed by atoms with van der Waals surface area (Å²) in [5.41, 5.74) is 12.0. The Labute approximate surface area is 235 Å². The number of rotatable bonds is 8. The molecule has 8 nitrogen and oxygen atoms in total. The molecule has 1 heterocycles. The van der Waals surface area contributed by atoms with E-state index in [1.54, 1.807) is 12.1 Å². The molecule has 2 amide bonds. The minimum absolute atomic E-state index is 0. The summed E-state index contributed by atoms with van der Waals surface area (Å²) in [6.07, 6.45) is 1.72. The summed E-state index contributed by atoms with van der Waals surface area (Å²) in [5.74, 6) is 0. The average Bonchev–Trinajstić information content (AvgIpc) is 3.24. The number of nitrogens with zero attached hydrogens (tertiary/aromatic N) is 1. The van der Waals surface area contributed by atoms with Crippen molar-refractivity contribution >= 4 is 62.7 Å². The summed E-state index contributed by atoms with van der Waals surface area (Å²) in [6.45, 7) is 4.89. The van der Waals surface area contributed by atoms with E-state index < -0.39 is 16.1 Å². The summed E-state index contributed by atoms with van der Waals surface area (Å²) in [7, 11) is -3.94. The molecule has 0 bridgehead atoms. The van der Waals surface area contributed by atoms with Gasteiger partial charge < -0.3 is 21.3 Å². The van der Waals surface area contributed by atoms with Crippen LogP contribution in [0.5, 0.6) is 0 Å². The second-order valence-corrected chi connectivity index (χ2v) is 10.2. The number of benzene rings is 3. The molecule has 1 radical (unpaired) electrons. The van der Waals surface area contributed by atoms with Gasteiger partial charge in [0.1, 0.15) is 6.17 Å². The molecule has 1 aliphatic rings. The van der Waals surface area contributed by atoms with Gasteiger partial charge in [0, 0.05) is 48.3 Å². The van der Waals surface area contributed by atoms with E-state index in [4.69, 9.17) is 5.73 Å². The van der Waals surface area contributed by atoms with Crippen molar-refractivity contribution in [3.05, 3.63) is 83.4 Å². The van der Waals surface area contributed by atoms with Gasteiger partial charge in [-0.15, -0.1) is 0 Å². The van der Waals surface area contributed by atoms with Crippen molar-refractivity contribution in [1.82, 2.24) is 10.0 Å². The fourth-order valence-corrected chi connectivity index (χ4v) is 5.14. The smallest absolute Gasteiger partial charge is 0.328 e. The normalized spacial score (nSPS) is 14.4. The minimum Gasteiger partial charge on any atom is -0.363 e. The molecule has 5 N–H and O–H groups in total. The summed E-state index contributed by atoms with van der Waals surface area (Å²) < 4.78 is 26.8. The number of fused-ring (bicyclic) bond motifs is 1. The van der Waals surface area contributed by atoms with Gasteiger partial charge in [0.2, 0.25) is 0 Å². The third-order valence-electron chi connectivity index (χ3n) is 6.13. The van der Waals surface area contributed by atoms with Gasteiger partial charge in [0.05, 0.1) is 16.3 Å². The fourth-order valence-electron chi connectivity index (χ4n) is 4.21. The van der Waals surface area contributed by atoms with Crippen LogP contribution in [0.4, 0.5) is 21.9 Å². The van der Waals surface area contributed by atoms with Crippen molar-refractivity contribution in [3.63, 3.8) is 0 Å². The second kappa shape index (κ2) is 12.1. The maximum absolute atomic E-state index is 12.4. The van der Waals surface area contributed by atoms with Crippen molar-refractivity contribution in [2.45, 2.75) is 44.3 Å². The van der Waals surface area contributed by atoms with E-state index in [9.17, 15) is 13.2 Å². The van der Waals surface area contributed by atoms with Gasteiger partial charge in [-0.2, -0.15) is 0 Å². The quantitative estimate of drug-likeness (QED) is 0.340.